The summed E-state index contributed by atoms with van der Waals surface area (Å²) in [5, 5.41) is 11.9. The number of carbonyl (C=O) groups excluding carboxylic acids is 1. The van der Waals surface area contributed by atoms with E-state index in [1.807, 2.05) is 13.8 Å². The maximum Gasteiger partial charge on any atom is 0.407 e. The van der Waals surface area contributed by atoms with E-state index in [-0.39, 0.29) is 28.9 Å². The fourth-order valence-corrected chi connectivity index (χ4v) is 5.28. The largest absolute Gasteiger partial charge is 0.446 e. The van der Waals surface area contributed by atoms with Crippen LogP contribution in [-0.2, 0) is 33.6 Å². The minimum atomic E-state index is -0.313. The third-order valence-corrected chi connectivity index (χ3v) is 8.19. The van der Waals surface area contributed by atoms with Crippen molar-refractivity contribution < 1.29 is 19.0 Å². The van der Waals surface area contributed by atoms with Gasteiger partial charge in [-0.15, -0.1) is 5.10 Å². The average molecular weight is 550 g/mol. The average Bonchev–Trinajstić information content (AvgIpc) is 3.26. The van der Waals surface area contributed by atoms with E-state index in [1.54, 1.807) is 0 Å². The van der Waals surface area contributed by atoms with Crippen molar-refractivity contribution in [2.45, 2.75) is 136 Å². The lowest BCUT2D eigenvalue weighted by Crippen LogP contribution is -2.35. The molecule has 9 nitrogen and oxygen atoms in total. The van der Waals surface area contributed by atoms with Gasteiger partial charge < -0.3 is 25.3 Å². The Morgan fingerprint density at radius 3 is 2.31 bits per heavy atom. The van der Waals surface area contributed by atoms with Crippen molar-refractivity contribution in [2.75, 3.05) is 19.8 Å². The molecule has 2 aliphatic carbocycles. The van der Waals surface area contributed by atoms with E-state index < -0.39 is 0 Å². The number of hydrogen-bond acceptors (Lipinski definition) is 7. The topological polar surface area (TPSA) is 114 Å². The van der Waals surface area contributed by atoms with Gasteiger partial charge in [-0.1, -0.05) is 19.1 Å². The van der Waals surface area contributed by atoms with Crippen LogP contribution in [0.15, 0.2) is 0 Å². The van der Waals surface area contributed by atoms with Crippen LogP contribution in [0.3, 0.4) is 0 Å². The summed E-state index contributed by atoms with van der Waals surface area (Å²) in [6, 6.07) is 0. The summed E-state index contributed by atoms with van der Waals surface area (Å²) in [4.78, 5) is 12.5. The van der Waals surface area contributed by atoms with E-state index in [2.05, 4.69) is 61.9 Å². The van der Waals surface area contributed by atoms with Crippen LogP contribution in [0, 0.1) is 17.8 Å². The van der Waals surface area contributed by atoms with E-state index in [9.17, 15) is 4.79 Å². The predicted molar refractivity (Wildman–Crippen MR) is 154 cm³/mol. The second kappa shape index (κ2) is 13.3. The number of nitrogens with two attached hydrogens (primary N) is 1. The lowest BCUT2D eigenvalue weighted by atomic mass is 10.0. The van der Waals surface area contributed by atoms with Gasteiger partial charge in [0.15, 0.2) is 0 Å². The SMILES string of the molecule is CC(C)CCOC(C)(C)CCNC(=O)OC1C2CCc3nnn(CCC(C)(C)OCCC(C)(C)N)c3CCC21. The number of nitrogens with one attached hydrogen (secondary N) is 1. The fourth-order valence-electron chi connectivity index (χ4n) is 5.28. The van der Waals surface area contributed by atoms with Crippen LogP contribution in [0.4, 0.5) is 4.79 Å². The lowest BCUT2D eigenvalue weighted by Gasteiger charge is -2.28. The molecule has 0 saturated heterocycles. The van der Waals surface area contributed by atoms with Crippen molar-refractivity contribution in [3.05, 3.63) is 11.4 Å². The number of rotatable bonds is 15. The second-order valence-electron chi connectivity index (χ2n) is 14.0. The Morgan fingerprint density at radius 1 is 1.00 bits per heavy atom. The molecule has 0 bridgehead atoms. The Kier molecular flexibility index (Phi) is 10.9. The van der Waals surface area contributed by atoms with Crippen LogP contribution in [0.1, 0.15) is 105 Å². The van der Waals surface area contributed by atoms with Crippen molar-refractivity contribution in [1.29, 1.82) is 0 Å². The van der Waals surface area contributed by atoms with Gasteiger partial charge in [0.25, 0.3) is 0 Å². The first-order valence-electron chi connectivity index (χ1n) is 15.1. The van der Waals surface area contributed by atoms with E-state index in [1.165, 1.54) is 5.69 Å². The summed E-state index contributed by atoms with van der Waals surface area (Å²) in [7, 11) is 0. The van der Waals surface area contributed by atoms with Gasteiger partial charge in [0.2, 0.25) is 0 Å². The highest BCUT2D eigenvalue weighted by Gasteiger charge is 2.53. The molecular weight excluding hydrogens is 494 g/mol. The molecule has 3 unspecified atom stereocenters. The Bertz CT molecular complexity index is 921. The van der Waals surface area contributed by atoms with Crippen LogP contribution in [0.25, 0.3) is 0 Å². The van der Waals surface area contributed by atoms with E-state index in [0.29, 0.717) is 30.9 Å². The second-order valence-corrected chi connectivity index (χ2v) is 14.0. The molecule has 1 heterocycles. The number of amides is 1. The fraction of sp³-hybridized carbons (Fsp3) is 0.900. The monoisotopic (exact) mass is 549 g/mol. The molecule has 39 heavy (non-hydrogen) atoms. The Balaban J connectivity index is 1.40. The van der Waals surface area contributed by atoms with Gasteiger partial charge in [-0.25, -0.2) is 9.48 Å². The summed E-state index contributed by atoms with van der Waals surface area (Å²) in [6.07, 6.45) is 6.93. The highest BCUT2D eigenvalue weighted by Crippen LogP contribution is 2.49. The number of ether oxygens (including phenoxy) is 3. The molecule has 1 saturated carbocycles. The number of fused-ring (bicyclic) bond motifs is 2. The van der Waals surface area contributed by atoms with Gasteiger partial charge in [0.1, 0.15) is 6.10 Å². The van der Waals surface area contributed by atoms with Crippen molar-refractivity contribution in [3.63, 3.8) is 0 Å². The minimum absolute atomic E-state index is 0.00449. The molecule has 1 aromatic rings. The van der Waals surface area contributed by atoms with Crippen LogP contribution in [0.5, 0.6) is 0 Å². The molecule has 9 heteroatoms. The van der Waals surface area contributed by atoms with E-state index >= 15 is 0 Å². The van der Waals surface area contributed by atoms with Crippen LogP contribution < -0.4 is 11.1 Å². The first-order chi connectivity index (χ1) is 18.2. The molecule has 3 rings (SSSR count). The van der Waals surface area contributed by atoms with Crippen molar-refractivity contribution in [1.82, 2.24) is 20.3 Å². The van der Waals surface area contributed by atoms with Crippen LogP contribution in [0.2, 0.25) is 0 Å². The lowest BCUT2D eigenvalue weighted by molar-refractivity contribution is -0.0324. The summed E-state index contributed by atoms with van der Waals surface area (Å²) in [5.74, 6) is 1.46. The maximum absolute atomic E-state index is 12.5. The molecule has 1 aromatic heterocycles. The summed E-state index contributed by atoms with van der Waals surface area (Å²) >= 11 is 0. The molecule has 3 atom stereocenters. The highest BCUT2D eigenvalue weighted by atomic mass is 16.6. The number of carbonyl (C=O) groups is 1. The zero-order valence-electron chi connectivity index (χ0n) is 25.8. The number of aromatic nitrogens is 3. The third-order valence-electron chi connectivity index (χ3n) is 8.19. The number of alkyl carbamates (subject to hydrolysis) is 1. The number of nitrogens with zero attached hydrogens (tertiary/aromatic N) is 3. The van der Waals surface area contributed by atoms with E-state index in [0.717, 1.165) is 70.2 Å². The van der Waals surface area contributed by atoms with E-state index in [4.69, 9.17) is 19.9 Å². The zero-order valence-corrected chi connectivity index (χ0v) is 25.8. The maximum atomic E-state index is 12.5. The van der Waals surface area contributed by atoms with Gasteiger partial charge in [0, 0.05) is 43.7 Å². The molecule has 3 N–H and O–H groups in total. The predicted octanol–water partition coefficient (Wildman–Crippen LogP) is 5.04. The zero-order chi connectivity index (χ0) is 28.8. The van der Waals surface area contributed by atoms with Gasteiger partial charge >= 0.3 is 6.09 Å². The Hall–Kier alpha value is -1.71. The quantitative estimate of drug-likeness (QED) is 0.315. The van der Waals surface area contributed by atoms with Crippen molar-refractivity contribution in [2.24, 2.45) is 23.5 Å². The third kappa shape index (κ3) is 10.7. The van der Waals surface area contributed by atoms with Crippen molar-refractivity contribution in [3.8, 4) is 0 Å². The molecule has 0 spiro atoms. The molecule has 1 fully saturated rings. The molecule has 224 valence electrons. The molecule has 2 aliphatic rings. The molecule has 1 amide bonds. The molecule has 0 aromatic carbocycles. The normalized spacial score (nSPS) is 21.6. The van der Waals surface area contributed by atoms with Gasteiger partial charge in [0.05, 0.1) is 22.6 Å². The van der Waals surface area contributed by atoms with Gasteiger partial charge in [-0.2, -0.15) is 0 Å². The highest BCUT2D eigenvalue weighted by molar-refractivity contribution is 5.67. The first-order valence-corrected chi connectivity index (χ1v) is 15.1. The minimum Gasteiger partial charge on any atom is -0.446 e. The Labute approximate surface area is 236 Å². The summed E-state index contributed by atoms with van der Waals surface area (Å²) in [5.41, 5.74) is 7.66. The molecule has 0 radical (unpaired) electrons. The molecule has 0 aliphatic heterocycles. The number of aryl methyl sites for hydroxylation is 2. The van der Waals surface area contributed by atoms with Crippen molar-refractivity contribution >= 4 is 6.09 Å². The van der Waals surface area contributed by atoms with Gasteiger partial charge in [-0.3, -0.25) is 0 Å². The Morgan fingerprint density at radius 2 is 1.64 bits per heavy atom. The number of hydrogen-bond donors (Lipinski definition) is 2. The molecular formula is C30H55N5O4. The standard InChI is InChI=1S/C30H55N5O4/c1-21(2)13-19-37-29(5,6)14-17-32-27(36)39-26-22-9-11-24-25(12-10-23(22)26)35(34-33-24)18-15-30(7,8)38-20-16-28(3,4)31/h21-23,26H,9-20,31H2,1-8H3,(H,32,36). The van der Waals surface area contributed by atoms with Gasteiger partial charge in [-0.05, 0) is 98.8 Å². The smallest absolute Gasteiger partial charge is 0.407 e. The summed E-state index contributed by atoms with van der Waals surface area (Å²) < 4.78 is 20.0. The first kappa shape index (κ1) is 31.8. The summed E-state index contributed by atoms with van der Waals surface area (Å²) in [6.45, 7) is 19.5. The van der Waals surface area contributed by atoms with Crippen LogP contribution >= 0.6 is 0 Å². The van der Waals surface area contributed by atoms with Crippen LogP contribution in [-0.4, -0.2) is 63.7 Å².